The molecule has 0 amide bonds. The topological polar surface area (TPSA) is 29.4 Å². The lowest BCUT2D eigenvalue weighted by Gasteiger charge is -2.01. The highest BCUT2D eigenvalue weighted by molar-refractivity contribution is 9.10. The molecule has 0 bridgehead atoms. The minimum atomic E-state index is -0.887. The van der Waals surface area contributed by atoms with Crippen LogP contribution in [0.1, 0.15) is 0 Å². The molecule has 68 valence electrons. The first-order chi connectivity index (χ1) is 6.07. The molecule has 0 saturated heterocycles. The number of hydrogen-bond acceptors (Lipinski definition) is 2. The Balaban J connectivity index is 3.52. The molecule has 0 heterocycles. The van der Waals surface area contributed by atoms with Crippen molar-refractivity contribution < 1.29 is 13.6 Å². The largest absolute Gasteiger partial charge is 0.240 e. The van der Waals surface area contributed by atoms with Gasteiger partial charge in [-0.3, -0.25) is 0 Å². The summed E-state index contributed by atoms with van der Waals surface area (Å²) in [5.41, 5.74) is -0.447. The van der Waals surface area contributed by atoms with Crippen LogP contribution in [0.3, 0.4) is 0 Å². The SMILES string of the molecule is O=C=Nc1c(F)cc(Cl)c(F)c1Br. The van der Waals surface area contributed by atoms with Crippen molar-refractivity contribution in [2.45, 2.75) is 0 Å². The molecule has 0 atom stereocenters. The number of hydrogen-bond donors (Lipinski definition) is 0. The minimum Gasteiger partial charge on any atom is -0.211 e. The van der Waals surface area contributed by atoms with E-state index >= 15 is 0 Å². The van der Waals surface area contributed by atoms with Gasteiger partial charge in [-0.1, -0.05) is 11.6 Å². The average molecular weight is 268 g/mol. The van der Waals surface area contributed by atoms with Crippen LogP contribution < -0.4 is 0 Å². The van der Waals surface area contributed by atoms with Gasteiger partial charge in [-0.25, -0.2) is 13.6 Å². The molecule has 1 rings (SSSR count). The van der Waals surface area contributed by atoms with Gasteiger partial charge in [0.15, 0.2) is 11.6 Å². The van der Waals surface area contributed by atoms with Gasteiger partial charge >= 0.3 is 0 Å². The number of halogens is 4. The molecule has 0 spiro atoms. The fourth-order valence-corrected chi connectivity index (χ4v) is 1.50. The van der Waals surface area contributed by atoms with Gasteiger partial charge in [0.25, 0.3) is 0 Å². The predicted octanol–water partition coefficient (Wildman–Crippen LogP) is 3.35. The van der Waals surface area contributed by atoms with Crippen molar-refractivity contribution >= 4 is 39.3 Å². The Bertz CT molecular complexity index is 404. The molecule has 0 fully saturated rings. The number of rotatable bonds is 1. The Morgan fingerprint density at radius 3 is 2.69 bits per heavy atom. The summed E-state index contributed by atoms with van der Waals surface area (Å²) >= 11 is 8.02. The fourth-order valence-electron chi connectivity index (χ4n) is 0.705. The fraction of sp³-hybridized carbons (Fsp3) is 0. The van der Waals surface area contributed by atoms with Crippen molar-refractivity contribution in [3.8, 4) is 0 Å². The maximum atomic E-state index is 13.0. The molecule has 2 nitrogen and oxygen atoms in total. The Kier molecular flexibility index (Phi) is 3.14. The molecule has 0 saturated carbocycles. The van der Waals surface area contributed by atoms with Crippen molar-refractivity contribution in [1.29, 1.82) is 0 Å². The van der Waals surface area contributed by atoms with Crippen molar-refractivity contribution in [3.05, 3.63) is 27.2 Å². The summed E-state index contributed by atoms with van der Waals surface area (Å²) in [5, 5.41) is -0.380. The second kappa shape index (κ2) is 3.96. The van der Waals surface area contributed by atoms with Crippen LogP contribution >= 0.6 is 27.5 Å². The first kappa shape index (κ1) is 10.3. The maximum Gasteiger partial charge on any atom is 0.240 e. The first-order valence-electron chi connectivity index (χ1n) is 2.98. The van der Waals surface area contributed by atoms with E-state index in [0.29, 0.717) is 0 Å². The van der Waals surface area contributed by atoms with Crippen LogP contribution in [0.25, 0.3) is 0 Å². The lowest BCUT2D eigenvalue weighted by atomic mass is 10.3. The van der Waals surface area contributed by atoms with Crippen LogP contribution in [0.5, 0.6) is 0 Å². The van der Waals surface area contributed by atoms with Gasteiger partial charge in [0.05, 0.1) is 9.50 Å². The number of carbonyl (C=O) groups excluding carboxylic acids is 1. The van der Waals surface area contributed by atoms with E-state index < -0.39 is 17.3 Å². The van der Waals surface area contributed by atoms with Gasteiger partial charge in [0.1, 0.15) is 5.69 Å². The van der Waals surface area contributed by atoms with Crippen molar-refractivity contribution in [1.82, 2.24) is 0 Å². The highest BCUT2D eigenvalue weighted by Gasteiger charge is 2.14. The van der Waals surface area contributed by atoms with Crippen LogP contribution in [0.4, 0.5) is 14.5 Å². The zero-order chi connectivity index (χ0) is 10.0. The van der Waals surface area contributed by atoms with Gasteiger partial charge in [0, 0.05) is 0 Å². The van der Waals surface area contributed by atoms with Gasteiger partial charge in [-0.15, -0.1) is 0 Å². The summed E-state index contributed by atoms with van der Waals surface area (Å²) in [6.07, 6.45) is 1.11. The molecule has 0 aliphatic heterocycles. The molecule has 0 aliphatic carbocycles. The molecule has 0 aromatic heterocycles. The summed E-state index contributed by atoms with van der Waals surface area (Å²) in [5.74, 6) is -1.75. The van der Waals surface area contributed by atoms with E-state index in [4.69, 9.17) is 11.6 Å². The van der Waals surface area contributed by atoms with Crippen LogP contribution in [-0.4, -0.2) is 6.08 Å². The third-order valence-electron chi connectivity index (χ3n) is 1.25. The Morgan fingerprint density at radius 2 is 2.15 bits per heavy atom. The molecule has 0 aliphatic rings. The van der Waals surface area contributed by atoms with Gasteiger partial charge < -0.3 is 0 Å². The normalized spacial score (nSPS) is 9.54. The molecule has 6 heteroatoms. The van der Waals surface area contributed by atoms with E-state index in [1.165, 1.54) is 0 Å². The predicted molar refractivity (Wildman–Crippen MR) is 46.8 cm³/mol. The number of isocyanates is 1. The molecular weight excluding hydrogens is 267 g/mol. The zero-order valence-corrected chi connectivity index (χ0v) is 8.29. The molecule has 1 aromatic carbocycles. The Morgan fingerprint density at radius 1 is 1.54 bits per heavy atom. The van der Waals surface area contributed by atoms with Crippen molar-refractivity contribution in [3.63, 3.8) is 0 Å². The lowest BCUT2D eigenvalue weighted by molar-refractivity contribution is 0.563. The lowest BCUT2D eigenvalue weighted by Crippen LogP contribution is -1.85. The number of aliphatic imine (C=N–C) groups is 1. The standard InChI is InChI=1S/C7HBrClF2NO/c8-5-6(11)3(9)1-4(10)7(5)12-2-13/h1H. The van der Waals surface area contributed by atoms with E-state index in [0.717, 1.165) is 12.1 Å². The maximum absolute atomic E-state index is 13.0. The molecule has 0 radical (unpaired) electrons. The van der Waals surface area contributed by atoms with E-state index in [-0.39, 0.29) is 9.50 Å². The van der Waals surface area contributed by atoms with Crippen LogP contribution in [-0.2, 0) is 4.79 Å². The smallest absolute Gasteiger partial charge is 0.211 e. The molecular formula is C7HBrClF2NO. The number of nitrogens with zero attached hydrogens (tertiary/aromatic N) is 1. The Labute approximate surface area is 85.4 Å². The number of benzene rings is 1. The van der Waals surface area contributed by atoms with Gasteiger partial charge in [-0.2, -0.15) is 4.99 Å². The highest BCUT2D eigenvalue weighted by Crippen LogP contribution is 2.34. The van der Waals surface area contributed by atoms with E-state index in [1.54, 1.807) is 0 Å². The molecule has 1 aromatic rings. The monoisotopic (exact) mass is 267 g/mol. The van der Waals surface area contributed by atoms with E-state index in [2.05, 4.69) is 20.9 Å². The zero-order valence-electron chi connectivity index (χ0n) is 5.94. The van der Waals surface area contributed by atoms with Crippen LogP contribution in [0, 0.1) is 11.6 Å². The van der Waals surface area contributed by atoms with Crippen LogP contribution in [0.2, 0.25) is 5.02 Å². The van der Waals surface area contributed by atoms with Crippen molar-refractivity contribution in [2.75, 3.05) is 0 Å². The summed E-state index contributed by atoms with van der Waals surface area (Å²) < 4.78 is 25.6. The summed E-state index contributed by atoms with van der Waals surface area (Å²) in [4.78, 5) is 12.8. The third-order valence-corrected chi connectivity index (χ3v) is 2.25. The molecule has 0 N–H and O–H groups in total. The van der Waals surface area contributed by atoms with E-state index in [9.17, 15) is 13.6 Å². The summed E-state index contributed by atoms with van der Waals surface area (Å²) in [6.45, 7) is 0. The summed E-state index contributed by atoms with van der Waals surface area (Å²) in [6, 6.07) is 0.734. The second-order valence-corrected chi connectivity index (χ2v) is 3.22. The molecule has 0 unspecified atom stereocenters. The Hall–Kier alpha value is -0.770. The third kappa shape index (κ3) is 1.94. The second-order valence-electron chi connectivity index (χ2n) is 2.02. The quantitative estimate of drug-likeness (QED) is 0.332. The summed E-state index contributed by atoms with van der Waals surface area (Å²) in [7, 11) is 0. The van der Waals surface area contributed by atoms with Gasteiger partial charge in [0.2, 0.25) is 6.08 Å². The highest BCUT2D eigenvalue weighted by atomic mass is 79.9. The van der Waals surface area contributed by atoms with Crippen molar-refractivity contribution in [2.24, 2.45) is 4.99 Å². The van der Waals surface area contributed by atoms with Crippen LogP contribution in [0.15, 0.2) is 15.5 Å². The minimum absolute atomic E-state index is 0.291. The molecule has 13 heavy (non-hydrogen) atoms. The first-order valence-corrected chi connectivity index (χ1v) is 4.16. The average Bonchev–Trinajstić information content (AvgIpc) is 2.09. The van der Waals surface area contributed by atoms with Gasteiger partial charge in [-0.05, 0) is 22.0 Å². The van der Waals surface area contributed by atoms with E-state index in [1.807, 2.05) is 0 Å².